The van der Waals surface area contributed by atoms with Gasteiger partial charge in [0.2, 0.25) is 0 Å². The number of hydrogen-bond donors (Lipinski definition) is 1. The summed E-state index contributed by atoms with van der Waals surface area (Å²) >= 11 is 6.53. The average molecular weight is 650 g/mol. The molecule has 9 nitrogen and oxygen atoms in total. The Hall–Kier alpha value is -4.08. The number of aromatic nitrogens is 4. The third-order valence-electron chi connectivity index (χ3n) is 11.0. The minimum absolute atomic E-state index is 0.0165. The van der Waals surface area contributed by atoms with Gasteiger partial charge in [-0.15, -0.1) is 0 Å². The van der Waals surface area contributed by atoms with Crippen molar-refractivity contribution >= 4 is 45.1 Å². The van der Waals surface area contributed by atoms with Crippen molar-refractivity contribution in [3.63, 3.8) is 0 Å². The summed E-state index contributed by atoms with van der Waals surface area (Å²) in [4.78, 5) is 28.1. The number of nitrogens with zero attached hydrogens (tertiary/aromatic N) is 6. The first-order valence-corrected chi connectivity index (χ1v) is 17.3. The fraction of sp³-hybridized carbons (Fsp3) is 0.432. The number of piperidine rings is 1. The first-order chi connectivity index (χ1) is 22.8. The predicted octanol–water partition coefficient (Wildman–Crippen LogP) is 6.13. The summed E-state index contributed by atoms with van der Waals surface area (Å²) in [5.41, 5.74) is 13.3. The van der Waals surface area contributed by atoms with Gasteiger partial charge in [0, 0.05) is 72.9 Å². The predicted molar refractivity (Wildman–Crippen MR) is 185 cm³/mol. The lowest BCUT2D eigenvalue weighted by atomic mass is 9.98. The third kappa shape index (κ3) is 4.89. The number of carbonyl (C=O) groups is 1. The van der Waals surface area contributed by atoms with E-state index in [2.05, 4.69) is 50.2 Å². The van der Waals surface area contributed by atoms with Gasteiger partial charge in [0.05, 0.1) is 35.7 Å². The number of benzene rings is 2. The number of anilines is 1. The molecule has 2 aliphatic heterocycles. The van der Waals surface area contributed by atoms with E-state index in [4.69, 9.17) is 27.1 Å². The molecule has 3 atom stereocenters. The zero-order valence-electron chi connectivity index (χ0n) is 26.9. The van der Waals surface area contributed by atoms with Crippen LogP contribution in [0.1, 0.15) is 41.6 Å². The first kappa shape index (κ1) is 29.1. The summed E-state index contributed by atoms with van der Waals surface area (Å²) in [6.07, 6.45) is 8.40. The van der Waals surface area contributed by atoms with Crippen molar-refractivity contribution in [1.29, 1.82) is 0 Å². The van der Waals surface area contributed by atoms with E-state index in [-0.39, 0.29) is 18.0 Å². The highest BCUT2D eigenvalue weighted by atomic mass is 35.5. The fourth-order valence-corrected chi connectivity index (χ4v) is 8.53. The van der Waals surface area contributed by atoms with Crippen LogP contribution in [0, 0.1) is 24.7 Å². The molecule has 9 rings (SSSR count). The number of hydrogen-bond acceptors (Lipinski definition) is 6. The summed E-state index contributed by atoms with van der Waals surface area (Å²) in [5, 5.41) is 1.88. The monoisotopic (exact) mass is 649 g/mol. The van der Waals surface area contributed by atoms with Crippen LogP contribution < -0.4 is 15.4 Å². The molecule has 5 aromatic rings. The third-order valence-corrected chi connectivity index (χ3v) is 11.3. The minimum atomic E-state index is 0.0165. The first-order valence-electron chi connectivity index (χ1n) is 16.9. The number of ether oxygens (including phenoxy) is 1. The summed E-state index contributed by atoms with van der Waals surface area (Å²) < 4.78 is 10.8. The number of halogens is 1. The number of pyridine rings is 1. The van der Waals surface area contributed by atoms with Gasteiger partial charge < -0.3 is 29.4 Å². The van der Waals surface area contributed by atoms with Gasteiger partial charge in [-0.1, -0.05) is 17.7 Å². The van der Waals surface area contributed by atoms with Crippen LogP contribution in [-0.4, -0.2) is 68.7 Å². The van der Waals surface area contributed by atoms with Crippen molar-refractivity contribution in [2.45, 2.75) is 57.8 Å². The highest BCUT2D eigenvalue weighted by Gasteiger charge is 2.47. The number of amides is 1. The summed E-state index contributed by atoms with van der Waals surface area (Å²) in [6, 6.07) is 14.6. The van der Waals surface area contributed by atoms with E-state index in [1.165, 1.54) is 12.8 Å². The maximum absolute atomic E-state index is 14.0. The van der Waals surface area contributed by atoms with Gasteiger partial charge in [-0.2, -0.15) is 0 Å². The summed E-state index contributed by atoms with van der Waals surface area (Å²) in [6.45, 7) is 6.38. The quantitative estimate of drug-likeness (QED) is 0.217. The van der Waals surface area contributed by atoms with Crippen LogP contribution in [0.5, 0.6) is 5.75 Å². The number of carbonyl (C=O) groups excluding carboxylic acids is 1. The molecule has 2 bridgehead atoms. The lowest BCUT2D eigenvalue weighted by Crippen LogP contribution is -2.48. The number of imidazole rings is 1. The van der Waals surface area contributed by atoms with Gasteiger partial charge in [0.1, 0.15) is 11.3 Å². The Morgan fingerprint density at radius 1 is 0.979 bits per heavy atom. The van der Waals surface area contributed by atoms with E-state index in [1.807, 2.05) is 35.5 Å². The summed E-state index contributed by atoms with van der Waals surface area (Å²) in [7, 11) is 1.69. The molecule has 0 radical (unpaired) electrons. The van der Waals surface area contributed by atoms with Crippen LogP contribution in [0.15, 0.2) is 54.9 Å². The molecule has 2 saturated heterocycles. The van der Waals surface area contributed by atoms with Crippen molar-refractivity contribution in [3.8, 4) is 17.3 Å². The number of rotatable bonds is 8. The molecule has 0 spiro atoms. The Kier molecular flexibility index (Phi) is 6.80. The van der Waals surface area contributed by atoms with E-state index in [0.717, 1.165) is 95.3 Å². The lowest BCUT2D eigenvalue weighted by molar-refractivity contribution is 0.0700. The SMILES string of the molecule is COc1cc(C(=O)N2CC3CCC2[C@@H]3N)cc2nc(-c3cc4ccc(Cl)cc4n3CC3CC3)n(CC3CN(c4cncc(C)c4)C3)c12. The van der Waals surface area contributed by atoms with Crippen molar-refractivity contribution in [3.05, 3.63) is 71.0 Å². The lowest BCUT2D eigenvalue weighted by Gasteiger charge is -2.41. The molecular weight excluding hydrogens is 610 g/mol. The molecule has 2 saturated carbocycles. The van der Waals surface area contributed by atoms with E-state index in [9.17, 15) is 4.79 Å². The highest BCUT2D eigenvalue weighted by Crippen LogP contribution is 2.41. The van der Waals surface area contributed by atoms with Crippen LogP contribution >= 0.6 is 11.6 Å². The number of nitrogens with two attached hydrogens (primary N) is 1. The van der Waals surface area contributed by atoms with Crippen LogP contribution in [0.4, 0.5) is 5.69 Å². The molecule has 3 aromatic heterocycles. The van der Waals surface area contributed by atoms with Crippen LogP contribution in [0.2, 0.25) is 5.02 Å². The number of likely N-dealkylation sites (tertiary alicyclic amines) is 1. The number of aryl methyl sites for hydroxylation is 1. The Morgan fingerprint density at radius 3 is 2.53 bits per heavy atom. The van der Waals surface area contributed by atoms with Crippen LogP contribution in [0.3, 0.4) is 0 Å². The highest BCUT2D eigenvalue weighted by molar-refractivity contribution is 6.31. The maximum atomic E-state index is 14.0. The van der Waals surface area contributed by atoms with E-state index in [0.29, 0.717) is 29.1 Å². The van der Waals surface area contributed by atoms with Crippen molar-refractivity contribution in [2.24, 2.45) is 23.5 Å². The van der Waals surface area contributed by atoms with Crippen molar-refractivity contribution in [1.82, 2.24) is 24.0 Å². The van der Waals surface area contributed by atoms with Crippen molar-refractivity contribution < 1.29 is 9.53 Å². The van der Waals surface area contributed by atoms with E-state index in [1.54, 1.807) is 7.11 Å². The number of methoxy groups -OCH3 is 1. The van der Waals surface area contributed by atoms with E-state index < -0.39 is 0 Å². The second kappa shape index (κ2) is 11.0. The topological polar surface area (TPSA) is 94.4 Å². The maximum Gasteiger partial charge on any atom is 0.254 e. The van der Waals surface area contributed by atoms with Gasteiger partial charge in [-0.25, -0.2) is 4.98 Å². The zero-order valence-corrected chi connectivity index (χ0v) is 27.7. The number of fused-ring (bicyclic) bond motifs is 4. The summed E-state index contributed by atoms with van der Waals surface area (Å²) in [5.74, 6) is 3.04. The molecule has 2 unspecified atom stereocenters. The van der Waals surface area contributed by atoms with Crippen molar-refractivity contribution in [2.75, 3.05) is 31.6 Å². The molecular formula is C37H40ClN7O2. The van der Waals surface area contributed by atoms with Gasteiger partial charge in [-0.3, -0.25) is 9.78 Å². The zero-order chi connectivity index (χ0) is 32.0. The molecule has 2 aliphatic carbocycles. The average Bonchev–Trinajstić information content (AvgIpc) is 3.42. The Bertz CT molecular complexity index is 2040. The van der Waals surface area contributed by atoms with Gasteiger partial charge in [-0.05, 0) is 86.4 Å². The molecule has 5 heterocycles. The second-order valence-electron chi connectivity index (χ2n) is 14.3. The molecule has 4 fully saturated rings. The fourth-order valence-electron chi connectivity index (χ4n) is 8.36. The molecule has 2 aromatic carbocycles. The minimum Gasteiger partial charge on any atom is -0.494 e. The van der Waals surface area contributed by atoms with Gasteiger partial charge >= 0.3 is 0 Å². The van der Waals surface area contributed by atoms with Crippen LogP contribution in [0.25, 0.3) is 33.5 Å². The Labute approximate surface area is 279 Å². The molecule has 242 valence electrons. The van der Waals surface area contributed by atoms with Gasteiger partial charge in [0.15, 0.2) is 5.82 Å². The molecule has 1 amide bonds. The normalized spacial score (nSPS) is 22.5. The van der Waals surface area contributed by atoms with Crippen LogP contribution in [-0.2, 0) is 13.1 Å². The smallest absolute Gasteiger partial charge is 0.254 e. The molecule has 47 heavy (non-hydrogen) atoms. The molecule has 2 N–H and O–H groups in total. The second-order valence-corrected chi connectivity index (χ2v) is 14.7. The molecule has 4 aliphatic rings. The Balaban J connectivity index is 1.15. The van der Waals surface area contributed by atoms with E-state index >= 15 is 0 Å². The van der Waals surface area contributed by atoms with Gasteiger partial charge in [0.25, 0.3) is 5.91 Å². The standard InChI is InChI=1S/C37H40ClN7O2/c1-21-9-28(15-40-14-21)42-16-23(17-42)19-45-35-29(10-26(12-33(35)47-2)37(46)44-20-25-6-8-30(44)34(25)39)41-36(45)32-11-24-5-7-27(38)13-31(24)43(32)18-22-3-4-22/h5,7,9-15,22-23,25,30,34H,3-4,6,8,16-20,39H2,1-2H3/t25?,30?,34-/m1/s1. The largest absolute Gasteiger partial charge is 0.494 e. The Morgan fingerprint density at radius 2 is 1.81 bits per heavy atom. The molecule has 10 heteroatoms.